The molecule has 0 saturated carbocycles. The Balaban J connectivity index is 0.00000210. The first-order valence-corrected chi connectivity index (χ1v) is 9.32. The van der Waals surface area contributed by atoms with Gasteiger partial charge in [-0.3, -0.25) is 4.79 Å². The number of morpholine rings is 1. The summed E-state index contributed by atoms with van der Waals surface area (Å²) in [5.74, 6) is -0.0677. The summed E-state index contributed by atoms with van der Waals surface area (Å²) in [7, 11) is 0. The van der Waals surface area contributed by atoms with Gasteiger partial charge in [-0.05, 0) is 38.4 Å². The number of hydrogen-bond donors (Lipinski definition) is 1. The minimum Gasteiger partial charge on any atom is -0.370 e. The van der Waals surface area contributed by atoms with E-state index >= 15 is 0 Å². The van der Waals surface area contributed by atoms with Gasteiger partial charge in [-0.25, -0.2) is 4.68 Å². The van der Waals surface area contributed by atoms with Crippen molar-refractivity contribution in [3.8, 4) is 0 Å². The number of halogens is 1. The van der Waals surface area contributed by atoms with Crippen molar-refractivity contribution in [3.05, 3.63) is 47.8 Å². The van der Waals surface area contributed by atoms with Gasteiger partial charge in [-0.15, -0.1) is 17.5 Å². The summed E-state index contributed by atoms with van der Waals surface area (Å²) in [6.07, 6.45) is 3.73. The van der Waals surface area contributed by atoms with Crippen LogP contribution in [0.4, 0.5) is 0 Å². The number of amides is 1. The number of ether oxygens (including phenoxy) is 1. The molecule has 0 aliphatic carbocycles. The molecule has 2 fully saturated rings. The van der Waals surface area contributed by atoms with Crippen LogP contribution in [0.1, 0.15) is 48.0 Å². The Morgan fingerprint density at radius 2 is 1.96 bits per heavy atom. The molecule has 1 amide bonds. The van der Waals surface area contributed by atoms with E-state index in [-0.39, 0.29) is 30.5 Å². The van der Waals surface area contributed by atoms with Crippen LogP contribution in [-0.4, -0.2) is 58.1 Å². The summed E-state index contributed by atoms with van der Waals surface area (Å²) in [5, 5.41) is 11.7. The number of benzene rings is 1. The number of piperidine rings is 1. The Labute approximate surface area is 165 Å². The van der Waals surface area contributed by atoms with E-state index in [2.05, 4.69) is 15.6 Å². The lowest BCUT2D eigenvalue weighted by Gasteiger charge is -2.37. The second kappa shape index (κ2) is 8.82. The Morgan fingerprint density at radius 3 is 2.70 bits per heavy atom. The fourth-order valence-electron chi connectivity index (χ4n) is 3.68. The molecule has 146 valence electrons. The van der Waals surface area contributed by atoms with E-state index in [1.165, 1.54) is 0 Å². The van der Waals surface area contributed by atoms with Gasteiger partial charge in [0.15, 0.2) is 5.69 Å². The molecule has 1 aromatic heterocycles. The van der Waals surface area contributed by atoms with Crippen molar-refractivity contribution < 1.29 is 9.53 Å². The molecule has 2 aliphatic rings. The minimum absolute atomic E-state index is 0. The van der Waals surface area contributed by atoms with Crippen LogP contribution in [-0.2, 0) is 4.74 Å². The fraction of sp³-hybridized carbons (Fsp3) is 0.526. The summed E-state index contributed by atoms with van der Waals surface area (Å²) in [4.78, 5) is 14.9. The quantitative estimate of drug-likeness (QED) is 0.868. The standard InChI is InChI=1S/C19H25N5O2.ClH/c1-14-13-26-18(15-5-3-2-4-6-15)12-23(14)19(25)17-11-24(22-21-17)16-7-9-20-10-8-16;/h2-6,11,14,16,18,20H,7-10,12-13H2,1H3;1H. The zero-order valence-corrected chi connectivity index (χ0v) is 16.3. The third-order valence-corrected chi connectivity index (χ3v) is 5.28. The number of carbonyl (C=O) groups is 1. The number of carbonyl (C=O) groups excluding carboxylic acids is 1. The van der Waals surface area contributed by atoms with Gasteiger partial charge in [0.25, 0.3) is 5.91 Å². The number of nitrogens with one attached hydrogen (secondary N) is 1. The lowest BCUT2D eigenvalue weighted by Crippen LogP contribution is -2.48. The van der Waals surface area contributed by atoms with Crippen LogP contribution in [0, 0.1) is 0 Å². The Hall–Kier alpha value is -1.96. The first-order chi connectivity index (χ1) is 12.7. The number of hydrogen-bond acceptors (Lipinski definition) is 5. The fourth-order valence-corrected chi connectivity index (χ4v) is 3.68. The molecule has 0 radical (unpaired) electrons. The number of nitrogens with zero attached hydrogens (tertiary/aromatic N) is 4. The molecule has 0 spiro atoms. The second-order valence-electron chi connectivity index (χ2n) is 7.10. The van der Waals surface area contributed by atoms with Crippen LogP contribution in [0.3, 0.4) is 0 Å². The van der Waals surface area contributed by atoms with Gasteiger partial charge in [0.2, 0.25) is 0 Å². The topological polar surface area (TPSA) is 72.3 Å². The van der Waals surface area contributed by atoms with E-state index in [4.69, 9.17) is 4.74 Å². The maximum atomic E-state index is 13.0. The summed E-state index contributed by atoms with van der Waals surface area (Å²) in [6.45, 7) is 5.02. The van der Waals surface area contributed by atoms with Crippen molar-refractivity contribution in [2.24, 2.45) is 0 Å². The Bertz CT molecular complexity index is 748. The molecule has 2 unspecified atom stereocenters. The van der Waals surface area contributed by atoms with Crippen LogP contribution in [0.2, 0.25) is 0 Å². The molecule has 2 aromatic rings. The second-order valence-corrected chi connectivity index (χ2v) is 7.10. The molecule has 27 heavy (non-hydrogen) atoms. The third-order valence-electron chi connectivity index (χ3n) is 5.28. The highest BCUT2D eigenvalue weighted by molar-refractivity contribution is 5.92. The Morgan fingerprint density at radius 1 is 1.22 bits per heavy atom. The minimum atomic E-state index is -0.101. The van der Waals surface area contributed by atoms with Crippen molar-refractivity contribution in [3.63, 3.8) is 0 Å². The smallest absolute Gasteiger partial charge is 0.276 e. The van der Waals surface area contributed by atoms with Crippen LogP contribution >= 0.6 is 12.4 Å². The molecular weight excluding hydrogens is 366 g/mol. The molecule has 4 rings (SSSR count). The van der Waals surface area contributed by atoms with Crippen LogP contribution in [0.5, 0.6) is 0 Å². The monoisotopic (exact) mass is 391 g/mol. The number of aromatic nitrogens is 3. The SMILES string of the molecule is CC1COC(c2ccccc2)CN1C(=O)c1cn(C2CCNCC2)nn1.Cl. The zero-order chi connectivity index (χ0) is 17.9. The highest BCUT2D eigenvalue weighted by Crippen LogP contribution is 2.26. The summed E-state index contributed by atoms with van der Waals surface area (Å²) < 4.78 is 7.81. The number of rotatable bonds is 3. The van der Waals surface area contributed by atoms with Gasteiger partial charge < -0.3 is 15.0 Å². The van der Waals surface area contributed by atoms with Crippen LogP contribution in [0.15, 0.2) is 36.5 Å². The van der Waals surface area contributed by atoms with Crippen molar-refractivity contribution >= 4 is 18.3 Å². The van der Waals surface area contributed by atoms with Crippen molar-refractivity contribution in [2.45, 2.75) is 38.0 Å². The zero-order valence-electron chi connectivity index (χ0n) is 15.5. The van der Waals surface area contributed by atoms with Crippen molar-refractivity contribution in [1.82, 2.24) is 25.2 Å². The largest absolute Gasteiger partial charge is 0.370 e. The molecule has 2 aliphatic heterocycles. The molecule has 1 N–H and O–H groups in total. The lowest BCUT2D eigenvalue weighted by molar-refractivity contribution is -0.0488. The van der Waals surface area contributed by atoms with Gasteiger partial charge in [0.05, 0.1) is 31.4 Å². The predicted octanol–water partition coefficient (Wildman–Crippen LogP) is 2.23. The molecule has 7 nitrogen and oxygen atoms in total. The summed E-state index contributed by atoms with van der Waals surface area (Å²) in [6, 6.07) is 10.4. The predicted molar refractivity (Wildman–Crippen MR) is 104 cm³/mol. The van der Waals surface area contributed by atoms with Gasteiger partial charge in [-0.2, -0.15) is 0 Å². The van der Waals surface area contributed by atoms with E-state index in [0.29, 0.717) is 24.9 Å². The normalized spacial score (nSPS) is 23.7. The van der Waals surface area contributed by atoms with E-state index in [9.17, 15) is 4.79 Å². The average Bonchev–Trinajstić information content (AvgIpc) is 3.19. The molecular formula is C19H26ClN5O2. The van der Waals surface area contributed by atoms with Gasteiger partial charge in [0, 0.05) is 0 Å². The van der Waals surface area contributed by atoms with E-state index in [0.717, 1.165) is 31.5 Å². The van der Waals surface area contributed by atoms with E-state index in [1.54, 1.807) is 6.20 Å². The van der Waals surface area contributed by atoms with Gasteiger partial charge in [-0.1, -0.05) is 35.5 Å². The summed E-state index contributed by atoms with van der Waals surface area (Å²) in [5.41, 5.74) is 1.51. The molecule has 0 bridgehead atoms. The molecule has 2 atom stereocenters. The highest BCUT2D eigenvalue weighted by Gasteiger charge is 2.32. The Kier molecular flexibility index (Phi) is 6.46. The average molecular weight is 392 g/mol. The molecule has 8 heteroatoms. The maximum Gasteiger partial charge on any atom is 0.276 e. The first kappa shape index (κ1) is 19.8. The summed E-state index contributed by atoms with van der Waals surface area (Å²) >= 11 is 0. The highest BCUT2D eigenvalue weighted by atomic mass is 35.5. The van der Waals surface area contributed by atoms with Gasteiger partial charge >= 0.3 is 0 Å². The van der Waals surface area contributed by atoms with Crippen molar-refractivity contribution in [2.75, 3.05) is 26.2 Å². The first-order valence-electron chi connectivity index (χ1n) is 9.32. The van der Waals surface area contributed by atoms with Crippen molar-refractivity contribution in [1.29, 1.82) is 0 Å². The molecule has 1 aromatic carbocycles. The van der Waals surface area contributed by atoms with E-state index in [1.807, 2.05) is 46.8 Å². The van der Waals surface area contributed by atoms with Gasteiger partial charge in [0.1, 0.15) is 6.10 Å². The van der Waals surface area contributed by atoms with Crippen LogP contribution < -0.4 is 5.32 Å². The lowest BCUT2D eigenvalue weighted by atomic mass is 10.1. The third kappa shape index (κ3) is 4.31. The van der Waals surface area contributed by atoms with E-state index < -0.39 is 0 Å². The molecule has 2 saturated heterocycles. The molecule has 3 heterocycles. The van der Waals surface area contributed by atoms with Crippen LogP contribution in [0.25, 0.3) is 0 Å². The maximum absolute atomic E-state index is 13.0.